The summed E-state index contributed by atoms with van der Waals surface area (Å²) >= 11 is 0. The Kier molecular flexibility index (Phi) is 8.94. The summed E-state index contributed by atoms with van der Waals surface area (Å²) in [4.78, 5) is 0. The van der Waals surface area contributed by atoms with Crippen LogP contribution in [0.15, 0.2) is 79.4 Å². The molecule has 0 saturated heterocycles. The quantitative estimate of drug-likeness (QED) is 0.258. The Morgan fingerprint density at radius 1 is 1.00 bits per heavy atom. The SMILES string of the molecule is C=Cc1ccc(-c2ccc(C3CCC(OCC(=C)/C=C(/F)C(=C)OCC)CC3)c(F)c2F)cc1. The number of benzene rings is 2. The first-order valence-corrected chi connectivity index (χ1v) is 11.5. The first-order valence-electron chi connectivity index (χ1n) is 11.5. The summed E-state index contributed by atoms with van der Waals surface area (Å²) in [6.07, 6.45) is 5.72. The number of rotatable bonds is 10. The van der Waals surface area contributed by atoms with Crippen molar-refractivity contribution in [3.8, 4) is 11.1 Å². The lowest BCUT2D eigenvalue weighted by molar-refractivity contribution is 0.0393. The molecule has 180 valence electrons. The molecule has 1 fully saturated rings. The molecule has 0 bridgehead atoms. The van der Waals surface area contributed by atoms with E-state index in [9.17, 15) is 13.2 Å². The van der Waals surface area contributed by atoms with Crippen LogP contribution in [0.25, 0.3) is 17.2 Å². The van der Waals surface area contributed by atoms with E-state index in [1.165, 1.54) is 6.08 Å². The molecule has 0 spiro atoms. The minimum absolute atomic E-state index is 0.0294. The maximum atomic E-state index is 15.0. The Hall–Kier alpha value is -3.05. The van der Waals surface area contributed by atoms with Crippen LogP contribution in [0.3, 0.4) is 0 Å². The molecule has 0 atom stereocenters. The number of ether oxygens (including phenoxy) is 2. The number of allylic oxidation sites excluding steroid dienone is 1. The van der Waals surface area contributed by atoms with Crippen LogP contribution in [0.1, 0.15) is 49.7 Å². The van der Waals surface area contributed by atoms with Gasteiger partial charge in [0.05, 0.1) is 19.3 Å². The summed E-state index contributed by atoms with van der Waals surface area (Å²) < 4.78 is 54.7. The first kappa shape index (κ1) is 25.6. The standard InChI is InChI=1S/C29H31F3O2/c1-5-21-7-9-22(10-8-21)25-15-16-26(29(32)28(25)31)23-11-13-24(14-12-23)34-18-19(3)17-27(30)20(4)33-6-2/h5,7-10,15-17,23-24H,1,3-4,6,11-14,18H2,2H3/b27-17+. The van der Waals surface area contributed by atoms with Crippen molar-refractivity contribution >= 4 is 6.08 Å². The fraction of sp³-hybridized carbons (Fsp3) is 0.310. The van der Waals surface area contributed by atoms with Crippen molar-refractivity contribution in [1.29, 1.82) is 0 Å². The predicted octanol–water partition coefficient (Wildman–Crippen LogP) is 8.28. The summed E-state index contributed by atoms with van der Waals surface area (Å²) in [5, 5.41) is 0. The highest BCUT2D eigenvalue weighted by Crippen LogP contribution is 2.38. The van der Waals surface area contributed by atoms with Crippen LogP contribution in [-0.4, -0.2) is 19.3 Å². The van der Waals surface area contributed by atoms with Gasteiger partial charge in [-0.15, -0.1) is 0 Å². The van der Waals surface area contributed by atoms with Gasteiger partial charge in [0.25, 0.3) is 0 Å². The van der Waals surface area contributed by atoms with Crippen LogP contribution in [0.5, 0.6) is 0 Å². The highest BCUT2D eigenvalue weighted by atomic mass is 19.2. The van der Waals surface area contributed by atoms with Gasteiger partial charge >= 0.3 is 0 Å². The molecule has 2 nitrogen and oxygen atoms in total. The lowest BCUT2D eigenvalue weighted by Gasteiger charge is -2.29. The lowest BCUT2D eigenvalue weighted by atomic mass is 9.82. The van der Waals surface area contributed by atoms with E-state index in [1.807, 2.05) is 12.1 Å². The summed E-state index contributed by atoms with van der Waals surface area (Å²) in [7, 11) is 0. The normalized spacial score (nSPS) is 18.4. The lowest BCUT2D eigenvalue weighted by Crippen LogP contribution is -2.22. The first-order chi connectivity index (χ1) is 16.3. The molecule has 0 heterocycles. The highest BCUT2D eigenvalue weighted by Gasteiger charge is 2.27. The molecule has 2 aromatic carbocycles. The minimum Gasteiger partial charge on any atom is -0.491 e. The molecule has 0 aliphatic heterocycles. The largest absolute Gasteiger partial charge is 0.491 e. The molecule has 0 aromatic heterocycles. The minimum atomic E-state index is -0.819. The summed E-state index contributed by atoms with van der Waals surface area (Å²) in [5.41, 5.74) is 2.68. The molecule has 0 amide bonds. The molecule has 0 radical (unpaired) electrons. The smallest absolute Gasteiger partial charge is 0.166 e. The molecule has 2 aromatic rings. The van der Waals surface area contributed by atoms with E-state index in [4.69, 9.17) is 9.47 Å². The Labute approximate surface area is 200 Å². The monoisotopic (exact) mass is 468 g/mol. The molecule has 34 heavy (non-hydrogen) atoms. The van der Waals surface area contributed by atoms with Crippen molar-refractivity contribution in [2.75, 3.05) is 13.2 Å². The van der Waals surface area contributed by atoms with Crippen LogP contribution in [0.2, 0.25) is 0 Å². The van der Waals surface area contributed by atoms with Gasteiger partial charge in [0.1, 0.15) is 5.76 Å². The zero-order valence-corrected chi connectivity index (χ0v) is 19.6. The molecule has 3 rings (SSSR count). The Morgan fingerprint density at radius 3 is 2.29 bits per heavy atom. The van der Waals surface area contributed by atoms with Gasteiger partial charge in [-0.05, 0) is 66.9 Å². The summed E-state index contributed by atoms with van der Waals surface area (Å²) in [5.74, 6) is -2.27. The van der Waals surface area contributed by atoms with E-state index in [1.54, 1.807) is 37.3 Å². The molecule has 5 heteroatoms. The number of halogens is 3. The van der Waals surface area contributed by atoms with Gasteiger partial charge < -0.3 is 9.47 Å². The predicted molar refractivity (Wildman–Crippen MR) is 132 cm³/mol. The molecule has 0 N–H and O–H groups in total. The molecule has 1 saturated carbocycles. The molecule has 1 aliphatic rings. The van der Waals surface area contributed by atoms with Crippen molar-refractivity contribution in [3.63, 3.8) is 0 Å². The van der Waals surface area contributed by atoms with Gasteiger partial charge in [0.15, 0.2) is 17.5 Å². The van der Waals surface area contributed by atoms with Crippen molar-refractivity contribution < 1.29 is 22.6 Å². The van der Waals surface area contributed by atoms with Crippen molar-refractivity contribution in [3.05, 3.63) is 102 Å². The second-order valence-electron chi connectivity index (χ2n) is 8.45. The second-order valence-corrected chi connectivity index (χ2v) is 8.45. The van der Waals surface area contributed by atoms with Gasteiger partial charge in [0.2, 0.25) is 0 Å². The van der Waals surface area contributed by atoms with Crippen LogP contribution >= 0.6 is 0 Å². The number of hydrogen-bond acceptors (Lipinski definition) is 2. The second kappa shape index (κ2) is 11.9. The zero-order valence-electron chi connectivity index (χ0n) is 19.6. The van der Waals surface area contributed by atoms with E-state index in [-0.39, 0.29) is 30.0 Å². The maximum Gasteiger partial charge on any atom is 0.166 e. The fourth-order valence-corrected chi connectivity index (χ4v) is 4.21. The van der Waals surface area contributed by atoms with Crippen LogP contribution in [0.4, 0.5) is 13.2 Å². The third-order valence-electron chi connectivity index (χ3n) is 6.10. The Morgan fingerprint density at radius 2 is 1.68 bits per heavy atom. The average Bonchev–Trinajstić information content (AvgIpc) is 2.85. The topological polar surface area (TPSA) is 18.5 Å². The molecule has 1 aliphatic carbocycles. The van der Waals surface area contributed by atoms with Crippen LogP contribution < -0.4 is 0 Å². The van der Waals surface area contributed by atoms with Crippen molar-refractivity contribution in [2.24, 2.45) is 0 Å². The van der Waals surface area contributed by atoms with Gasteiger partial charge in [-0.3, -0.25) is 0 Å². The van der Waals surface area contributed by atoms with E-state index in [2.05, 4.69) is 19.7 Å². The third kappa shape index (κ3) is 6.29. The van der Waals surface area contributed by atoms with E-state index in [0.29, 0.717) is 49.0 Å². The van der Waals surface area contributed by atoms with E-state index >= 15 is 0 Å². The van der Waals surface area contributed by atoms with Gasteiger partial charge in [-0.25, -0.2) is 13.2 Å². The van der Waals surface area contributed by atoms with Crippen molar-refractivity contribution in [2.45, 2.75) is 44.6 Å². The molecular weight excluding hydrogens is 437 g/mol. The highest BCUT2D eigenvalue weighted by molar-refractivity contribution is 5.66. The summed E-state index contributed by atoms with van der Waals surface area (Å²) in [6.45, 7) is 13.3. The van der Waals surface area contributed by atoms with E-state index in [0.717, 1.165) is 5.56 Å². The third-order valence-corrected chi connectivity index (χ3v) is 6.10. The van der Waals surface area contributed by atoms with Gasteiger partial charge in [0, 0.05) is 5.56 Å². The van der Waals surface area contributed by atoms with Crippen LogP contribution in [-0.2, 0) is 9.47 Å². The Bertz CT molecular complexity index is 1060. The number of hydrogen-bond donors (Lipinski definition) is 0. The van der Waals surface area contributed by atoms with Gasteiger partial charge in [-0.1, -0.05) is 62.2 Å². The Balaban J connectivity index is 1.57. The maximum absolute atomic E-state index is 15.0. The molecular formula is C29H31F3O2. The summed E-state index contributed by atoms with van der Waals surface area (Å²) in [6, 6.07) is 10.5. The van der Waals surface area contributed by atoms with E-state index < -0.39 is 17.5 Å². The van der Waals surface area contributed by atoms with Crippen molar-refractivity contribution in [1.82, 2.24) is 0 Å². The van der Waals surface area contributed by atoms with Crippen LogP contribution in [0, 0.1) is 11.6 Å². The molecule has 0 unspecified atom stereocenters. The average molecular weight is 469 g/mol. The zero-order chi connectivity index (χ0) is 24.7. The van der Waals surface area contributed by atoms with Gasteiger partial charge in [-0.2, -0.15) is 0 Å². The fourth-order valence-electron chi connectivity index (χ4n) is 4.21.